The zero-order chi connectivity index (χ0) is 45.0. The van der Waals surface area contributed by atoms with Crippen molar-refractivity contribution in [2.24, 2.45) is 0 Å². The Morgan fingerprint density at radius 2 is 0.721 bits per heavy atom. The molecule has 0 fully saturated rings. The van der Waals surface area contributed by atoms with E-state index in [0.29, 0.717) is 17.6 Å². The van der Waals surface area contributed by atoms with Gasteiger partial charge in [-0.3, -0.25) is 4.57 Å². The highest BCUT2D eigenvalue weighted by Crippen LogP contribution is 2.45. The lowest BCUT2D eigenvalue weighted by molar-refractivity contribution is 0.955. The zero-order valence-corrected chi connectivity index (χ0v) is 36.9. The predicted molar refractivity (Wildman–Crippen MR) is 281 cm³/mol. The van der Waals surface area contributed by atoms with Gasteiger partial charge < -0.3 is 4.57 Å². The first kappa shape index (κ1) is 39.2. The number of hydrogen-bond donors (Lipinski definition) is 0. The van der Waals surface area contributed by atoms with Gasteiger partial charge in [0.1, 0.15) is 0 Å². The second-order valence-corrected chi connectivity index (χ2v) is 17.2. The highest BCUT2D eigenvalue weighted by molar-refractivity contribution is 6.26. The van der Waals surface area contributed by atoms with Crippen molar-refractivity contribution in [3.05, 3.63) is 249 Å². The lowest BCUT2D eigenvalue weighted by atomic mass is 9.94. The topological polar surface area (TPSA) is 48.5 Å². The van der Waals surface area contributed by atoms with E-state index in [4.69, 9.17) is 15.0 Å². The number of aromatic nitrogens is 5. The third kappa shape index (κ3) is 6.59. The Kier molecular flexibility index (Phi) is 9.43. The van der Waals surface area contributed by atoms with Gasteiger partial charge in [0, 0.05) is 43.8 Å². The first-order chi connectivity index (χ1) is 33.7. The molecule has 0 bridgehead atoms. The summed E-state index contributed by atoms with van der Waals surface area (Å²) in [5.74, 6) is 1.77. The fourth-order valence-corrected chi connectivity index (χ4v) is 10.1. The Hall–Kier alpha value is -9.19. The van der Waals surface area contributed by atoms with Gasteiger partial charge in [-0.2, -0.15) is 9.97 Å². The van der Waals surface area contributed by atoms with Crippen LogP contribution in [0.1, 0.15) is 0 Å². The van der Waals surface area contributed by atoms with Crippen LogP contribution >= 0.6 is 0 Å². The van der Waals surface area contributed by atoms with Crippen LogP contribution < -0.4 is 0 Å². The zero-order valence-electron chi connectivity index (χ0n) is 36.9. The fourth-order valence-electron chi connectivity index (χ4n) is 10.1. The Morgan fingerprint density at radius 3 is 1.38 bits per heavy atom. The van der Waals surface area contributed by atoms with Crippen LogP contribution in [0.25, 0.3) is 123 Å². The first-order valence-electron chi connectivity index (χ1n) is 23.0. The van der Waals surface area contributed by atoms with E-state index in [1.807, 2.05) is 24.3 Å². The molecule has 0 aliphatic carbocycles. The van der Waals surface area contributed by atoms with Crippen LogP contribution in [0.4, 0.5) is 0 Å². The second-order valence-electron chi connectivity index (χ2n) is 17.2. The van der Waals surface area contributed by atoms with Crippen molar-refractivity contribution < 1.29 is 0 Å². The van der Waals surface area contributed by atoms with Crippen LogP contribution in [0.2, 0.25) is 0 Å². The quantitative estimate of drug-likeness (QED) is 0.153. The molecule has 5 heteroatoms. The molecule has 13 rings (SSSR count). The van der Waals surface area contributed by atoms with E-state index in [-0.39, 0.29) is 0 Å². The number of para-hydroxylation sites is 3. The molecule has 3 aromatic heterocycles. The Labute approximate surface area is 393 Å². The van der Waals surface area contributed by atoms with Gasteiger partial charge >= 0.3 is 0 Å². The average molecular weight is 868 g/mol. The average Bonchev–Trinajstić information content (AvgIpc) is 3.94. The van der Waals surface area contributed by atoms with Gasteiger partial charge in [0.15, 0.2) is 11.6 Å². The first-order valence-corrected chi connectivity index (χ1v) is 23.0. The molecule has 0 spiro atoms. The van der Waals surface area contributed by atoms with Crippen molar-refractivity contribution in [1.82, 2.24) is 24.1 Å². The Bertz CT molecular complexity index is 3990. The second kappa shape index (κ2) is 16.4. The highest BCUT2D eigenvalue weighted by Gasteiger charge is 2.25. The largest absolute Gasteiger partial charge is 0.308 e. The molecule has 0 aliphatic heterocycles. The molecule has 10 aromatic carbocycles. The summed E-state index contributed by atoms with van der Waals surface area (Å²) >= 11 is 0. The van der Waals surface area contributed by atoms with E-state index in [2.05, 4.69) is 234 Å². The molecule has 318 valence electrons. The summed E-state index contributed by atoms with van der Waals surface area (Å²) < 4.78 is 4.76. The molecule has 0 atom stereocenters. The van der Waals surface area contributed by atoms with E-state index < -0.39 is 0 Å². The molecule has 68 heavy (non-hydrogen) atoms. The standard InChI is InChI=1S/C63H41N5/c1-5-19-42(20-6-1)44-35-37-46(38-36-44)51-32-18-31-50(45-23-9-3-10-24-45)59(51)67-56-34-16-14-30-54(56)58-57(67)40-39-53-52-29-13-15-33-55(52)68(60(53)58)63-65-61(47-25-11-4-12-26-47)64-62(66-63)49-28-17-27-48(41-49)43-21-7-2-8-22-43/h1-41H. The van der Waals surface area contributed by atoms with Crippen molar-refractivity contribution in [2.45, 2.75) is 0 Å². The third-order valence-corrected chi connectivity index (χ3v) is 13.2. The van der Waals surface area contributed by atoms with Crippen molar-refractivity contribution in [3.8, 4) is 78.9 Å². The van der Waals surface area contributed by atoms with Gasteiger partial charge in [-0.15, -0.1) is 0 Å². The van der Waals surface area contributed by atoms with Crippen molar-refractivity contribution >= 4 is 43.6 Å². The molecule has 0 N–H and O–H groups in total. The summed E-state index contributed by atoms with van der Waals surface area (Å²) in [5, 5.41) is 4.51. The monoisotopic (exact) mass is 867 g/mol. The molecule has 3 heterocycles. The van der Waals surface area contributed by atoms with E-state index in [0.717, 1.165) is 93.8 Å². The lowest BCUT2D eigenvalue weighted by Gasteiger charge is -2.19. The summed E-state index contributed by atoms with van der Waals surface area (Å²) in [7, 11) is 0. The van der Waals surface area contributed by atoms with Crippen molar-refractivity contribution in [1.29, 1.82) is 0 Å². The SMILES string of the molecule is c1ccc(-c2ccc(-c3cccc(-c4ccccc4)c3-n3c4ccccc4c4c3ccc3c5ccccc5n(-c5nc(-c6ccccc6)nc(-c6cccc(-c7ccccc7)c6)n5)c34)cc2)cc1. The van der Waals surface area contributed by atoms with Crippen LogP contribution in [-0.4, -0.2) is 24.1 Å². The lowest BCUT2D eigenvalue weighted by Crippen LogP contribution is -2.06. The van der Waals surface area contributed by atoms with Crippen LogP contribution in [0.5, 0.6) is 0 Å². The van der Waals surface area contributed by atoms with Gasteiger partial charge in [0.25, 0.3) is 0 Å². The van der Waals surface area contributed by atoms with Gasteiger partial charge in [-0.05, 0) is 57.6 Å². The minimum atomic E-state index is 0.554. The van der Waals surface area contributed by atoms with Crippen LogP contribution in [-0.2, 0) is 0 Å². The number of hydrogen-bond acceptors (Lipinski definition) is 3. The third-order valence-electron chi connectivity index (χ3n) is 13.2. The minimum absolute atomic E-state index is 0.554. The maximum atomic E-state index is 5.43. The molecule has 13 aromatic rings. The molecular formula is C63H41N5. The van der Waals surface area contributed by atoms with E-state index in [9.17, 15) is 0 Å². The molecule has 0 unspecified atom stereocenters. The number of fused-ring (bicyclic) bond motifs is 7. The van der Waals surface area contributed by atoms with Crippen molar-refractivity contribution in [2.75, 3.05) is 0 Å². The summed E-state index contributed by atoms with van der Waals surface area (Å²) in [6.07, 6.45) is 0. The van der Waals surface area contributed by atoms with E-state index >= 15 is 0 Å². The maximum Gasteiger partial charge on any atom is 0.238 e. The summed E-state index contributed by atoms with van der Waals surface area (Å²) in [6.45, 7) is 0. The summed E-state index contributed by atoms with van der Waals surface area (Å²) in [6, 6.07) is 88.3. The fraction of sp³-hybridized carbons (Fsp3) is 0. The van der Waals surface area contributed by atoms with Gasteiger partial charge in [-0.25, -0.2) is 4.98 Å². The minimum Gasteiger partial charge on any atom is -0.308 e. The van der Waals surface area contributed by atoms with Gasteiger partial charge in [0.05, 0.1) is 27.8 Å². The Balaban J connectivity index is 1.11. The molecule has 5 nitrogen and oxygen atoms in total. The van der Waals surface area contributed by atoms with Crippen LogP contribution in [0.15, 0.2) is 249 Å². The normalized spacial score (nSPS) is 11.5. The van der Waals surface area contributed by atoms with E-state index in [1.165, 1.54) is 11.1 Å². The number of nitrogens with zero attached hydrogens (tertiary/aromatic N) is 5. The van der Waals surface area contributed by atoms with Gasteiger partial charge in [0.2, 0.25) is 5.95 Å². The molecule has 0 saturated heterocycles. The van der Waals surface area contributed by atoms with Gasteiger partial charge in [-0.1, -0.05) is 224 Å². The molecule has 0 saturated carbocycles. The molecular weight excluding hydrogens is 827 g/mol. The van der Waals surface area contributed by atoms with E-state index in [1.54, 1.807) is 0 Å². The summed E-state index contributed by atoms with van der Waals surface area (Å²) in [5.41, 5.74) is 16.4. The van der Waals surface area contributed by atoms with Crippen LogP contribution in [0.3, 0.4) is 0 Å². The predicted octanol–water partition coefficient (Wildman–Crippen LogP) is 16.1. The van der Waals surface area contributed by atoms with Crippen LogP contribution in [0, 0.1) is 0 Å². The smallest absolute Gasteiger partial charge is 0.238 e. The molecule has 0 amide bonds. The van der Waals surface area contributed by atoms with Crippen molar-refractivity contribution in [3.63, 3.8) is 0 Å². The highest BCUT2D eigenvalue weighted by atomic mass is 15.2. The number of benzene rings is 10. The molecule has 0 radical (unpaired) electrons. The maximum absolute atomic E-state index is 5.43. The Morgan fingerprint density at radius 1 is 0.265 bits per heavy atom. The molecule has 0 aliphatic rings. The summed E-state index contributed by atoms with van der Waals surface area (Å²) in [4.78, 5) is 16.0. The number of rotatable bonds is 8.